The lowest BCUT2D eigenvalue weighted by molar-refractivity contribution is 0.404. The molecule has 0 spiro atoms. The Bertz CT molecular complexity index is 657. The Morgan fingerprint density at radius 2 is 1.86 bits per heavy atom. The number of rotatable bonds is 3. The first kappa shape index (κ1) is 14.3. The first-order chi connectivity index (χ1) is 10.2. The zero-order chi connectivity index (χ0) is 14.8. The number of nitrogens with one attached hydrogen (secondary N) is 1. The van der Waals surface area contributed by atoms with Crippen LogP contribution < -0.4 is 14.8 Å². The van der Waals surface area contributed by atoms with Crippen molar-refractivity contribution in [3.8, 4) is 11.5 Å². The van der Waals surface area contributed by atoms with E-state index in [4.69, 9.17) is 9.47 Å². The normalized spacial score (nSPS) is 16.8. The fourth-order valence-electron chi connectivity index (χ4n) is 2.84. The van der Waals surface area contributed by atoms with Crippen molar-refractivity contribution in [3.05, 3.63) is 52.0 Å². The molecular formula is C17H18BrNO2. The zero-order valence-corrected chi connectivity index (χ0v) is 13.7. The molecular weight excluding hydrogens is 330 g/mol. The van der Waals surface area contributed by atoms with E-state index in [2.05, 4.69) is 45.5 Å². The van der Waals surface area contributed by atoms with Crippen LogP contribution in [0, 0.1) is 0 Å². The van der Waals surface area contributed by atoms with Crippen LogP contribution in [-0.2, 0) is 6.42 Å². The number of fused-ring (bicyclic) bond motifs is 1. The summed E-state index contributed by atoms with van der Waals surface area (Å²) in [6.45, 7) is 0. The molecule has 1 heterocycles. The monoisotopic (exact) mass is 347 g/mol. The second kappa shape index (κ2) is 5.98. The van der Waals surface area contributed by atoms with Gasteiger partial charge in [0.25, 0.3) is 0 Å². The summed E-state index contributed by atoms with van der Waals surface area (Å²) in [4.78, 5) is 0. The van der Waals surface area contributed by atoms with Gasteiger partial charge in [-0.05, 0) is 52.5 Å². The van der Waals surface area contributed by atoms with Crippen LogP contribution in [0.3, 0.4) is 0 Å². The van der Waals surface area contributed by atoms with Gasteiger partial charge in [0.2, 0.25) is 0 Å². The summed E-state index contributed by atoms with van der Waals surface area (Å²) in [5.74, 6) is 1.82. The Morgan fingerprint density at radius 1 is 1.10 bits per heavy atom. The molecule has 0 saturated heterocycles. The maximum absolute atomic E-state index is 5.48. The fraction of sp³-hybridized carbons (Fsp3) is 0.294. The summed E-state index contributed by atoms with van der Waals surface area (Å²) in [5, 5.41) is 3.61. The molecule has 1 N–H and O–H groups in total. The molecule has 0 saturated carbocycles. The van der Waals surface area contributed by atoms with Crippen molar-refractivity contribution in [3.63, 3.8) is 0 Å². The fourth-order valence-corrected chi connectivity index (χ4v) is 3.35. The molecule has 0 aromatic heterocycles. The lowest BCUT2D eigenvalue weighted by Crippen LogP contribution is -2.18. The highest BCUT2D eigenvalue weighted by Crippen LogP contribution is 2.40. The number of aryl methyl sites for hydroxylation is 1. The Hall–Kier alpha value is -1.68. The van der Waals surface area contributed by atoms with Crippen molar-refractivity contribution in [1.29, 1.82) is 0 Å². The largest absolute Gasteiger partial charge is 0.496 e. The van der Waals surface area contributed by atoms with Gasteiger partial charge in [-0.15, -0.1) is 0 Å². The topological polar surface area (TPSA) is 30.5 Å². The van der Waals surface area contributed by atoms with Gasteiger partial charge in [-0.25, -0.2) is 0 Å². The Labute approximate surface area is 133 Å². The predicted octanol–water partition coefficient (Wildman–Crippen LogP) is 4.57. The molecule has 110 valence electrons. The minimum Gasteiger partial charge on any atom is -0.496 e. The van der Waals surface area contributed by atoms with Crippen LogP contribution in [0.25, 0.3) is 0 Å². The van der Waals surface area contributed by atoms with E-state index in [9.17, 15) is 0 Å². The summed E-state index contributed by atoms with van der Waals surface area (Å²) in [6.07, 6.45) is 2.06. The molecule has 0 aliphatic carbocycles. The smallest absolute Gasteiger partial charge is 0.133 e. The average Bonchev–Trinajstić information content (AvgIpc) is 2.53. The highest BCUT2D eigenvalue weighted by molar-refractivity contribution is 9.10. The van der Waals surface area contributed by atoms with Crippen molar-refractivity contribution in [2.75, 3.05) is 19.5 Å². The van der Waals surface area contributed by atoms with Gasteiger partial charge in [0.1, 0.15) is 11.5 Å². The van der Waals surface area contributed by atoms with E-state index in [1.807, 2.05) is 12.1 Å². The molecule has 0 radical (unpaired) electrons. The van der Waals surface area contributed by atoms with E-state index in [1.54, 1.807) is 14.2 Å². The molecule has 1 aliphatic rings. The second-order valence-electron chi connectivity index (χ2n) is 5.12. The summed E-state index contributed by atoms with van der Waals surface area (Å²) in [5.41, 5.74) is 3.66. The lowest BCUT2D eigenvalue weighted by Gasteiger charge is -2.29. The number of halogens is 1. The van der Waals surface area contributed by atoms with Crippen molar-refractivity contribution in [1.82, 2.24) is 0 Å². The predicted molar refractivity (Wildman–Crippen MR) is 88.4 cm³/mol. The quantitative estimate of drug-likeness (QED) is 0.882. The second-order valence-corrected chi connectivity index (χ2v) is 5.98. The van der Waals surface area contributed by atoms with Crippen LogP contribution in [-0.4, -0.2) is 14.2 Å². The summed E-state index contributed by atoms with van der Waals surface area (Å²) in [6, 6.07) is 12.7. The van der Waals surface area contributed by atoms with Crippen molar-refractivity contribution < 1.29 is 9.47 Å². The molecule has 0 fully saturated rings. The van der Waals surface area contributed by atoms with Crippen LogP contribution >= 0.6 is 15.9 Å². The minimum atomic E-state index is 0.272. The van der Waals surface area contributed by atoms with Crippen LogP contribution in [0.4, 0.5) is 5.69 Å². The van der Waals surface area contributed by atoms with Crippen LogP contribution in [0.5, 0.6) is 11.5 Å². The maximum Gasteiger partial charge on any atom is 0.133 e. The third-order valence-corrected chi connectivity index (χ3v) is 4.54. The molecule has 21 heavy (non-hydrogen) atoms. The molecule has 3 rings (SSSR count). The van der Waals surface area contributed by atoms with Gasteiger partial charge in [0, 0.05) is 11.3 Å². The third-order valence-electron chi connectivity index (χ3n) is 3.92. The maximum atomic E-state index is 5.48. The number of ether oxygens (including phenoxy) is 2. The molecule has 3 nitrogen and oxygen atoms in total. The number of benzene rings is 2. The third kappa shape index (κ3) is 2.72. The number of methoxy groups -OCH3 is 2. The molecule has 1 aliphatic heterocycles. The summed E-state index contributed by atoms with van der Waals surface area (Å²) >= 11 is 3.55. The van der Waals surface area contributed by atoms with E-state index in [1.165, 1.54) is 11.1 Å². The van der Waals surface area contributed by atoms with Gasteiger partial charge >= 0.3 is 0 Å². The van der Waals surface area contributed by atoms with E-state index in [-0.39, 0.29) is 6.04 Å². The average molecular weight is 348 g/mol. The minimum absolute atomic E-state index is 0.272. The number of hydrogen-bond donors (Lipinski definition) is 1. The Balaban J connectivity index is 1.92. The highest BCUT2D eigenvalue weighted by Gasteiger charge is 2.22. The SMILES string of the molecule is COc1cc2c(cc1Br)NC(c1ccccc1OC)CC2. The first-order valence-corrected chi connectivity index (χ1v) is 7.78. The molecule has 2 aromatic carbocycles. The van der Waals surface area contributed by atoms with E-state index >= 15 is 0 Å². The van der Waals surface area contributed by atoms with Gasteiger partial charge < -0.3 is 14.8 Å². The van der Waals surface area contributed by atoms with E-state index < -0.39 is 0 Å². The standard InChI is InChI=1S/C17H18BrNO2/c1-20-16-6-4-3-5-12(16)14-8-7-11-9-17(21-2)13(18)10-15(11)19-14/h3-6,9-10,14,19H,7-8H2,1-2H3. The van der Waals surface area contributed by atoms with Gasteiger partial charge in [-0.2, -0.15) is 0 Å². The van der Waals surface area contributed by atoms with E-state index in [0.29, 0.717) is 0 Å². The van der Waals surface area contributed by atoms with E-state index in [0.717, 1.165) is 34.5 Å². The van der Waals surface area contributed by atoms with Gasteiger partial charge in [-0.1, -0.05) is 18.2 Å². The van der Waals surface area contributed by atoms with Crippen LogP contribution in [0.2, 0.25) is 0 Å². The number of para-hydroxylation sites is 1. The molecule has 1 unspecified atom stereocenters. The van der Waals surface area contributed by atoms with Gasteiger partial charge in [-0.3, -0.25) is 0 Å². The van der Waals surface area contributed by atoms with Crippen LogP contribution in [0.1, 0.15) is 23.6 Å². The van der Waals surface area contributed by atoms with Crippen molar-refractivity contribution in [2.24, 2.45) is 0 Å². The molecule has 2 aromatic rings. The molecule has 0 amide bonds. The zero-order valence-electron chi connectivity index (χ0n) is 12.2. The Kier molecular flexibility index (Phi) is 4.06. The first-order valence-electron chi connectivity index (χ1n) is 6.98. The van der Waals surface area contributed by atoms with Crippen LogP contribution in [0.15, 0.2) is 40.9 Å². The molecule has 1 atom stereocenters. The van der Waals surface area contributed by atoms with Gasteiger partial charge in [0.15, 0.2) is 0 Å². The van der Waals surface area contributed by atoms with Crippen molar-refractivity contribution in [2.45, 2.75) is 18.9 Å². The molecule has 4 heteroatoms. The summed E-state index contributed by atoms with van der Waals surface area (Å²) < 4.78 is 11.8. The van der Waals surface area contributed by atoms with Crippen molar-refractivity contribution >= 4 is 21.6 Å². The number of hydrogen-bond acceptors (Lipinski definition) is 3. The number of anilines is 1. The van der Waals surface area contributed by atoms with Gasteiger partial charge in [0.05, 0.1) is 24.7 Å². The Morgan fingerprint density at radius 3 is 2.62 bits per heavy atom. The lowest BCUT2D eigenvalue weighted by atomic mass is 9.93. The summed E-state index contributed by atoms with van der Waals surface area (Å²) in [7, 11) is 3.41. The highest BCUT2D eigenvalue weighted by atomic mass is 79.9. The molecule has 0 bridgehead atoms.